The van der Waals surface area contributed by atoms with E-state index in [1.165, 1.54) is 0 Å². The van der Waals surface area contributed by atoms with Crippen LogP contribution in [0.15, 0.2) is 57.8 Å². The number of amides is 1. The Balaban J connectivity index is 2.41. The van der Waals surface area contributed by atoms with Crippen LogP contribution in [0.1, 0.15) is 13.8 Å². The molecular weight excluding hydrogens is 278 g/mol. The van der Waals surface area contributed by atoms with Gasteiger partial charge in [0.25, 0.3) is 5.91 Å². The third-order valence-corrected chi connectivity index (χ3v) is 3.29. The first-order valence-corrected chi connectivity index (χ1v) is 6.51. The Bertz CT molecular complexity index is 772. The van der Waals surface area contributed by atoms with Crippen molar-refractivity contribution in [2.45, 2.75) is 13.8 Å². The van der Waals surface area contributed by atoms with Crippen molar-refractivity contribution in [1.29, 1.82) is 10.5 Å². The molecule has 1 amide bonds. The van der Waals surface area contributed by atoms with Crippen molar-refractivity contribution in [2.24, 2.45) is 5.10 Å². The van der Waals surface area contributed by atoms with E-state index in [4.69, 9.17) is 10.5 Å². The zero-order valence-electron chi connectivity index (χ0n) is 12.1. The first kappa shape index (κ1) is 15.0. The molecule has 1 heterocycles. The van der Waals surface area contributed by atoms with Crippen molar-refractivity contribution in [1.82, 2.24) is 5.32 Å². The lowest BCUT2D eigenvalue weighted by Gasteiger charge is -2.20. The number of hydrogen-bond acceptors (Lipinski definition) is 5. The number of nitriles is 2. The fourth-order valence-electron chi connectivity index (χ4n) is 1.96. The smallest absolute Gasteiger partial charge is 0.276 e. The van der Waals surface area contributed by atoms with Crippen molar-refractivity contribution in [3.63, 3.8) is 0 Å². The molecule has 0 aromatic heterocycles. The maximum Gasteiger partial charge on any atom is 0.276 e. The predicted molar refractivity (Wildman–Crippen MR) is 82.3 cm³/mol. The highest BCUT2D eigenvalue weighted by Crippen LogP contribution is 2.21. The molecule has 22 heavy (non-hydrogen) atoms. The molecule has 1 aliphatic heterocycles. The number of rotatable bonds is 2. The van der Waals surface area contributed by atoms with E-state index < -0.39 is 5.91 Å². The van der Waals surface area contributed by atoms with Crippen LogP contribution in [-0.4, -0.2) is 11.6 Å². The van der Waals surface area contributed by atoms with Gasteiger partial charge in [-0.2, -0.15) is 15.6 Å². The van der Waals surface area contributed by atoms with Crippen molar-refractivity contribution in [3.8, 4) is 12.1 Å². The van der Waals surface area contributed by atoms with Gasteiger partial charge in [0.2, 0.25) is 0 Å². The second kappa shape index (κ2) is 6.38. The Kier molecular flexibility index (Phi) is 4.36. The second-order valence-corrected chi connectivity index (χ2v) is 4.62. The summed E-state index contributed by atoms with van der Waals surface area (Å²) in [5, 5.41) is 24.6. The molecule has 0 unspecified atom stereocenters. The van der Waals surface area contributed by atoms with E-state index in [0.29, 0.717) is 11.1 Å². The highest BCUT2D eigenvalue weighted by atomic mass is 16.2. The quantitative estimate of drug-likeness (QED) is 0.644. The minimum Gasteiger partial charge on any atom is -0.319 e. The molecule has 1 aliphatic rings. The molecule has 0 radical (unpaired) electrons. The summed E-state index contributed by atoms with van der Waals surface area (Å²) in [6.07, 6.45) is 0. The molecular formula is C16H13N5O. The molecule has 1 aromatic carbocycles. The second-order valence-electron chi connectivity index (χ2n) is 4.62. The van der Waals surface area contributed by atoms with Gasteiger partial charge in [-0.05, 0) is 37.1 Å². The van der Waals surface area contributed by atoms with Crippen LogP contribution in [0.3, 0.4) is 0 Å². The van der Waals surface area contributed by atoms with Crippen LogP contribution < -0.4 is 10.7 Å². The van der Waals surface area contributed by atoms with E-state index in [-0.39, 0.29) is 17.0 Å². The molecule has 6 nitrogen and oxygen atoms in total. The largest absolute Gasteiger partial charge is 0.319 e. The summed E-state index contributed by atoms with van der Waals surface area (Å²) in [5.41, 5.74) is 5.17. The average Bonchev–Trinajstić information content (AvgIpc) is 2.54. The van der Waals surface area contributed by atoms with Gasteiger partial charge < -0.3 is 5.32 Å². The predicted octanol–water partition coefficient (Wildman–Crippen LogP) is 2.22. The molecule has 0 spiro atoms. The van der Waals surface area contributed by atoms with E-state index in [0.717, 1.165) is 5.69 Å². The molecule has 0 bridgehead atoms. The number of para-hydroxylation sites is 1. The van der Waals surface area contributed by atoms with E-state index in [1.54, 1.807) is 26.0 Å². The molecule has 6 heteroatoms. The Morgan fingerprint density at radius 1 is 1.14 bits per heavy atom. The van der Waals surface area contributed by atoms with Crippen LogP contribution in [0.2, 0.25) is 0 Å². The molecule has 1 aromatic rings. The summed E-state index contributed by atoms with van der Waals surface area (Å²) in [5.74, 6) is -0.454. The van der Waals surface area contributed by atoms with Crippen LogP contribution in [0.5, 0.6) is 0 Å². The number of nitrogens with one attached hydrogen (secondary N) is 2. The van der Waals surface area contributed by atoms with Crippen LogP contribution >= 0.6 is 0 Å². The highest BCUT2D eigenvalue weighted by Gasteiger charge is 2.26. The van der Waals surface area contributed by atoms with Gasteiger partial charge in [-0.1, -0.05) is 18.2 Å². The lowest BCUT2D eigenvalue weighted by atomic mass is 9.96. The van der Waals surface area contributed by atoms with Gasteiger partial charge in [-0.25, -0.2) is 0 Å². The molecule has 2 rings (SSSR count). The summed E-state index contributed by atoms with van der Waals surface area (Å²) in [6.45, 7) is 3.46. The fraction of sp³-hybridized carbons (Fsp3) is 0.125. The topological polar surface area (TPSA) is 101 Å². The van der Waals surface area contributed by atoms with Crippen molar-refractivity contribution >= 4 is 17.3 Å². The maximum absolute atomic E-state index is 12.1. The van der Waals surface area contributed by atoms with Crippen molar-refractivity contribution < 1.29 is 4.79 Å². The number of carbonyl (C=O) groups is 1. The molecule has 0 atom stereocenters. The summed E-state index contributed by atoms with van der Waals surface area (Å²) in [4.78, 5) is 12.1. The minimum absolute atomic E-state index is 0.125. The Morgan fingerprint density at radius 2 is 1.77 bits per heavy atom. The van der Waals surface area contributed by atoms with Gasteiger partial charge in [0.1, 0.15) is 12.1 Å². The average molecular weight is 291 g/mol. The monoisotopic (exact) mass is 291 g/mol. The lowest BCUT2D eigenvalue weighted by Crippen LogP contribution is -2.37. The van der Waals surface area contributed by atoms with Gasteiger partial charge in [-0.3, -0.25) is 10.2 Å². The molecule has 0 saturated heterocycles. The zero-order valence-corrected chi connectivity index (χ0v) is 12.1. The van der Waals surface area contributed by atoms with E-state index in [1.807, 2.05) is 30.3 Å². The minimum atomic E-state index is -0.454. The number of hydrazone groups is 1. The Hall–Kier alpha value is -3.38. The SMILES string of the molecule is CC1=C(C)C(=C(C#N)C#N)NC(=O)C1=NNc1ccccc1. The van der Waals surface area contributed by atoms with Gasteiger partial charge in [0, 0.05) is 0 Å². The van der Waals surface area contributed by atoms with Gasteiger partial charge in [0.05, 0.1) is 11.4 Å². The summed E-state index contributed by atoms with van der Waals surface area (Å²) in [6, 6.07) is 12.8. The normalized spacial score (nSPS) is 15.9. The number of hydrogen-bond donors (Lipinski definition) is 2. The van der Waals surface area contributed by atoms with Crippen LogP contribution in [0.4, 0.5) is 5.69 Å². The number of allylic oxidation sites excluding steroid dienone is 2. The summed E-state index contributed by atoms with van der Waals surface area (Å²) in [7, 11) is 0. The summed E-state index contributed by atoms with van der Waals surface area (Å²) >= 11 is 0. The van der Waals surface area contributed by atoms with Crippen LogP contribution in [-0.2, 0) is 4.79 Å². The third kappa shape index (κ3) is 2.87. The standard InChI is InChI=1S/C16H13N5O/c1-10-11(2)15(21-20-13-6-4-3-5-7-13)16(22)19-14(10)12(8-17)9-18/h3-7,20H,1-2H3,(H,19,22). The fourth-order valence-corrected chi connectivity index (χ4v) is 1.96. The van der Waals surface area contributed by atoms with Crippen molar-refractivity contribution in [2.75, 3.05) is 5.43 Å². The van der Waals surface area contributed by atoms with E-state index in [2.05, 4.69) is 15.8 Å². The lowest BCUT2D eigenvalue weighted by molar-refractivity contribution is -0.114. The molecule has 2 N–H and O–H groups in total. The molecule has 108 valence electrons. The molecule has 0 aliphatic carbocycles. The zero-order chi connectivity index (χ0) is 16.1. The number of anilines is 1. The Morgan fingerprint density at radius 3 is 2.36 bits per heavy atom. The summed E-state index contributed by atoms with van der Waals surface area (Å²) < 4.78 is 0. The third-order valence-electron chi connectivity index (χ3n) is 3.29. The van der Waals surface area contributed by atoms with E-state index >= 15 is 0 Å². The molecule has 0 saturated carbocycles. The molecule has 0 fully saturated rings. The maximum atomic E-state index is 12.1. The van der Waals surface area contributed by atoms with Gasteiger partial charge in [0.15, 0.2) is 11.3 Å². The van der Waals surface area contributed by atoms with Crippen LogP contribution in [0.25, 0.3) is 0 Å². The van der Waals surface area contributed by atoms with Crippen LogP contribution in [0, 0.1) is 22.7 Å². The first-order chi connectivity index (χ1) is 10.6. The van der Waals surface area contributed by atoms with E-state index in [9.17, 15) is 4.79 Å². The van der Waals surface area contributed by atoms with Gasteiger partial charge in [-0.15, -0.1) is 0 Å². The number of carbonyl (C=O) groups excluding carboxylic acids is 1. The number of benzene rings is 1. The van der Waals surface area contributed by atoms with Crippen molar-refractivity contribution in [3.05, 3.63) is 52.7 Å². The highest BCUT2D eigenvalue weighted by molar-refractivity contribution is 6.46. The van der Waals surface area contributed by atoms with Gasteiger partial charge >= 0.3 is 0 Å². The first-order valence-electron chi connectivity index (χ1n) is 6.51. The number of nitrogens with zero attached hydrogens (tertiary/aromatic N) is 3. The Labute approximate surface area is 128 Å².